The minimum absolute atomic E-state index is 0.287. The summed E-state index contributed by atoms with van der Waals surface area (Å²) in [5, 5.41) is 0. The van der Waals surface area contributed by atoms with Crippen LogP contribution in [0.15, 0.2) is 22.7 Å². The van der Waals surface area contributed by atoms with Gasteiger partial charge in [0.25, 0.3) is 0 Å². The molecule has 2 atom stereocenters. The fraction of sp³-hybridized carbons (Fsp3) is 0.600. The number of nitrogens with two attached hydrogens (primary N) is 1. The van der Waals surface area contributed by atoms with E-state index in [-0.39, 0.29) is 6.04 Å². The van der Waals surface area contributed by atoms with Crippen molar-refractivity contribution in [3.63, 3.8) is 0 Å². The van der Waals surface area contributed by atoms with Crippen LogP contribution in [0.1, 0.15) is 30.5 Å². The zero-order valence-corrected chi connectivity index (χ0v) is 13.3. The number of rotatable bonds is 4. The van der Waals surface area contributed by atoms with Gasteiger partial charge >= 0.3 is 0 Å². The van der Waals surface area contributed by atoms with Crippen molar-refractivity contribution in [2.24, 2.45) is 5.73 Å². The molecule has 1 aliphatic heterocycles. The molecule has 2 unspecified atom stereocenters. The Kier molecular flexibility index (Phi) is 5.39. The van der Waals surface area contributed by atoms with Crippen LogP contribution in [0, 0.1) is 6.92 Å². The summed E-state index contributed by atoms with van der Waals surface area (Å²) in [7, 11) is 0. The zero-order valence-electron chi connectivity index (χ0n) is 11.7. The highest BCUT2D eigenvalue weighted by atomic mass is 79.9. The average Bonchev–Trinajstić information content (AvgIpc) is 2.44. The molecule has 106 valence electrons. The van der Waals surface area contributed by atoms with Gasteiger partial charge in [-0.1, -0.05) is 35.0 Å². The molecule has 1 aromatic rings. The van der Waals surface area contributed by atoms with Crippen molar-refractivity contribution < 1.29 is 4.74 Å². The van der Waals surface area contributed by atoms with Gasteiger partial charge < -0.3 is 10.5 Å². The van der Waals surface area contributed by atoms with Crippen molar-refractivity contribution in [2.45, 2.75) is 32.4 Å². The monoisotopic (exact) mass is 326 g/mol. The molecule has 2 N–H and O–H groups in total. The predicted molar refractivity (Wildman–Crippen MR) is 82.3 cm³/mol. The van der Waals surface area contributed by atoms with Crippen molar-refractivity contribution in [2.75, 3.05) is 26.2 Å². The van der Waals surface area contributed by atoms with E-state index >= 15 is 0 Å². The third-order valence-corrected chi connectivity index (χ3v) is 4.72. The maximum absolute atomic E-state index is 6.01. The number of morpholine rings is 1. The van der Waals surface area contributed by atoms with Gasteiger partial charge in [-0.2, -0.15) is 0 Å². The quantitative estimate of drug-likeness (QED) is 0.924. The summed E-state index contributed by atoms with van der Waals surface area (Å²) in [5.74, 6) is 0. The lowest BCUT2D eigenvalue weighted by Gasteiger charge is -2.38. The van der Waals surface area contributed by atoms with E-state index in [4.69, 9.17) is 10.5 Å². The number of aryl methyl sites for hydroxylation is 1. The molecule has 0 saturated carbocycles. The van der Waals surface area contributed by atoms with Gasteiger partial charge in [-0.05, 0) is 30.5 Å². The molecule has 0 spiro atoms. The molecule has 4 heteroatoms. The molecule has 0 amide bonds. The van der Waals surface area contributed by atoms with Crippen LogP contribution in [0.4, 0.5) is 0 Å². The Morgan fingerprint density at radius 2 is 2.32 bits per heavy atom. The number of ether oxygens (including phenoxy) is 1. The van der Waals surface area contributed by atoms with Gasteiger partial charge in [-0.25, -0.2) is 0 Å². The van der Waals surface area contributed by atoms with Crippen LogP contribution in [0.25, 0.3) is 0 Å². The SMILES string of the molecule is CCC1CN(C(CN)c2ccc(C)c(Br)c2)CCO1. The van der Waals surface area contributed by atoms with Crippen LogP contribution in [-0.4, -0.2) is 37.2 Å². The van der Waals surface area contributed by atoms with E-state index < -0.39 is 0 Å². The van der Waals surface area contributed by atoms with Gasteiger partial charge in [-0.15, -0.1) is 0 Å². The Morgan fingerprint density at radius 3 is 2.95 bits per heavy atom. The topological polar surface area (TPSA) is 38.5 Å². The molecule has 3 nitrogen and oxygen atoms in total. The average molecular weight is 327 g/mol. The Bertz CT molecular complexity index is 425. The first-order chi connectivity index (χ1) is 9.15. The maximum atomic E-state index is 6.01. The van der Waals surface area contributed by atoms with Crippen LogP contribution in [0.2, 0.25) is 0 Å². The van der Waals surface area contributed by atoms with E-state index in [0.717, 1.165) is 30.6 Å². The van der Waals surface area contributed by atoms with Crippen molar-refractivity contribution in [3.05, 3.63) is 33.8 Å². The molecule has 19 heavy (non-hydrogen) atoms. The highest BCUT2D eigenvalue weighted by molar-refractivity contribution is 9.10. The van der Waals surface area contributed by atoms with Crippen molar-refractivity contribution in [1.82, 2.24) is 4.90 Å². The predicted octanol–water partition coefficient (Wildman–Crippen LogP) is 2.87. The summed E-state index contributed by atoms with van der Waals surface area (Å²) >= 11 is 3.61. The molecule has 0 radical (unpaired) electrons. The first-order valence-electron chi connectivity index (χ1n) is 6.97. The molecule has 2 rings (SSSR count). The summed E-state index contributed by atoms with van der Waals surface area (Å²) < 4.78 is 6.90. The smallest absolute Gasteiger partial charge is 0.0700 e. The lowest BCUT2D eigenvalue weighted by atomic mass is 10.0. The van der Waals surface area contributed by atoms with E-state index in [1.807, 2.05) is 0 Å². The first kappa shape index (κ1) is 15.0. The van der Waals surface area contributed by atoms with E-state index in [9.17, 15) is 0 Å². The molecule has 1 heterocycles. The van der Waals surface area contributed by atoms with Gasteiger partial charge in [0.15, 0.2) is 0 Å². The summed E-state index contributed by atoms with van der Waals surface area (Å²) in [4.78, 5) is 2.45. The maximum Gasteiger partial charge on any atom is 0.0700 e. The summed E-state index contributed by atoms with van der Waals surface area (Å²) in [6.45, 7) is 7.67. The molecular formula is C15H23BrN2O. The second-order valence-electron chi connectivity index (χ2n) is 5.16. The fourth-order valence-corrected chi connectivity index (χ4v) is 2.98. The lowest BCUT2D eigenvalue weighted by molar-refractivity contribution is -0.0437. The number of nitrogens with zero attached hydrogens (tertiary/aromatic N) is 1. The minimum Gasteiger partial charge on any atom is -0.376 e. The molecule has 0 bridgehead atoms. The fourth-order valence-electron chi connectivity index (χ4n) is 2.58. The highest BCUT2D eigenvalue weighted by Gasteiger charge is 2.25. The molecule has 1 saturated heterocycles. The van der Waals surface area contributed by atoms with Gasteiger partial charge in [0, 0.05) is 30.1 Å². The van der Waals surface area contributed by atoms with Crippen molar-refractivity contribution in [1.29, 1.82) is 0 Å². The van der Waals surface area contributed by atoms with Crippen molar-refractivity contribution in [3.8, 4) is 0 Å². The van der Waals surface area contributed by atoms with Gasteiger partial charge in [0.05, 0.1) is 12.7 Å². The van der Waals surface area contributed by atoms with Gasteiger partial charge in [-0.3, -0.25) is 4.90 Å². The number of halogens is 1. The van der Waals surface area contributed by atoms with E-state index in [2.05, 4.69) is 52.9 Å². The summed E-state index contributed by atoms with van der Waals surface area (Å²) in [6, 6.07) is 6.83. The van der Waals surface area contributed by atoms with Crippen LogP contribution in [0.5, 0.6) is 0 Å². The second kappa shape index (κ2) is 6.84. The highest BCUT2D eigenvalue weighted by Crippen LogP contribution is 2.27. The van der Waals surface area contributed by atoms with E-state index in [0.29, 0.717) is 12.6 Å². The molecule has 1 fully saturated rings. The molecule has 1 aliphatic rings. The Balaban J connectivity index is 2.16. The first-order valence-corrected chi connectivity index (χ1v) is 7.76. The molecule has 0 aliphatic carbocycles. The van der Waals surface area contributed by atoms with Gasteiger partial charge in [0.2, 0.25) is 0 Å². The molecule has 1 aromatic carbocycles. The summed E-state index contributed by atoms with van der Waals surface area (Å²) in [5.41, 5.74) is 8.56. The van der Waals surface area contributed by atoms with Crippen LogP contribution in [-0.2, 0) is 4.74 Å². The molecule has 0 aromatic heterocycles. The van der Waals surface area contributed by atoms with Crippen LogP contribution < -0.4 is 5.73 Å². The Morgan fingerprint density at radius 1 is 1.53 bits per heavy atom. The van der Waals surface area contributed by atoms with Crippen LogP contribution >= 0.6 is 15.9 Å². The second-order valence-corrected chi connectivity index (χ2v) is 6.01. The Labute approximate surface area is 124 Å². The lowest BCUT2D eigenvalue weighted by Crippen LogP contribution is -2.46. The number of hydrogen-bond donors (Lipinski definition) is 1. The van der Waals surface area contributed by atoms with Crippen LogP contribution in [0.3, 0.4) is 0 Å². The van der Waals surface area contributed by atoms with Crippen molar-refractivity contribution >= 4 is 15.9 Å². The number of hydrogen-bond acceptors (Lipinski definition) is 3. The molecular weight excluding hydrogens is 304 g/mol. The Hall–Kier alpha value is -0.420. The number of benzene rings is 1. The standard InChI is InChI=1S/C15H23BrN2O/c1-3-13-10-18(6-7-19-13)15(9-17)12-5-4-11(2)14(16)8-12/h4-5,8,13,15H,3,6-7,9-10,17H2,1-2H3. The van der Waals surface area contributed by atoms with E-state index in [1.165, 1.54) is 11.1 Å². The van der Waals surface area contributed by atoms with Gasteiger partial charge in [0.1, 0.15) is 0 Å². The van der Waals surface area contributed by atoms with E-state index in [1.54, 1.807) is 0 Å². The third-order valence-electron chi connectivity index (χ3n) is 3.87. The zero-order chi connectivity index (χ0) is 13.8. The third kappa shape index (κ3) is 3.57. The normalized spacial score (nSPS) is 22.4. The summed E-state index contributed by atoms with van der Waals surface area (Å²) in [6.07, 6.45) is 1.41. The largest absolute Gasteiger partial charge is 0.376 e. The minimum atomic E-state index is 0.287.